The molecule has 0 saturated heterocycles. The molecule has 0 atom stereocenters. The first-order valence-electron chi connectivity index (χ1n) is 4.72. The molecular formula is C13H10FN. The van der Waals surface area contributed by atoms with Crippen LogP contribution in [0.3, 0.4) is 0 Å². The number of aryl methyl sites for hydroxylation is 2. The van der Waals surface area contributed by atoms with Crippen molar-refractivity contribution >= 4 is 10.8 Å². The van der Waals surface area contributed by atoms with Gasteiger partial charge in [-0.3, -0.25) is 0 Å². The van der Waals surface area contributed by atoms with E-state index in [2.05, 4.69) is 6.07 Å². The Morgan fingerprint density at radius 2 is 1.87 bits per heavy atom. The van der Waals surface area contributed by atoms with Crippen molar-refractivity contribution in [2.45, 2.75) is 13.8 Å². The summed E-state index contributed by atoms with van der Waals surface area (Å²) in [5, 5.41) is 10.2. The van der Waals surface area contributed by atoms with Crippen LogP contribution in [0.5, 0.6) is 0 Å². The number of nitriles is 1. The van der Waals surface area contributed by atoms with Crippen molar-refractivity contribution in [3.63, 3.8) is 0 Å². The van der Waals surface area contributed by atoms with Gasteiger partial charge in [0, 0.05) is 5.39 Å². The van der Waals surface area contributed by atoms with E-state index in [0.29, 0.717) is 10.9 Å². The first-order valence-corrected chi connectivity index (χ1v) is 4.72. The molecule has 15 heavy (non-hydrogen) atoms. The number of hydrogen-bond acceptors (Lipinski definition) is 1. The summed E-state index contributed by atoms with van der Waals surface area (Å²) in [5.41, 5.74) is 2.25. The molecule has 0 N–H and O–H groups in total. The Morgan fingerprint density at radius 1 is 1.13 bits per heavy atom. The van der Waals surface area contributed by atoms with E-state index in [-0.39, 0.29) is 5.82 Å². The largest absolute Gasteiger partial charge is 0.206 e. The van der Waals surface area contributed by atoms with Crippen LogP contribution >= 0.6 is 0 Å². The molecule has 0 fully saturated rings. The van der Waals surface area contributed by atoms with E-state index in [0.717, 1.165) is 16.5 Å². The molecule has 0 saturated carbocycles. The van der Waals surface area contributed by atoms with E-state index < -0.39 is 0 Å². The Balaban J connectivity index is 2.93. The SMILES string of the molecule is Cc1cc(F)c2c(C)cc(C#N)cc2c1. The minimum atomic E-state index is -0.216. The van der Waals surface area contributed by atoms with Gasteiger partial charge >= 0.3 is 0 Å². The molecule has 0 aliphatic carbocycles. The predicted molar refractivity (Wildman–Crippen MR) is 58.1 cm³/mol. The first kappa shape index (κ1) is 9.67. The van der Waals surface area contributed by atoms with Crippen molar-refractivity contribution in [2.75, 3.05) is 0 Å². The monoisotopic (exact) mass is 199 g/mol. The Labute approximate surface area is 87.8 Å². The molecule has 0 radical (unpaired) electrons. The highest BCUT2D eigenvalue weighted by molar-refractivity contribution is 5.88. The van der Waals surface area contributed by atoms with Gasteiger partial charge in [-0.2, -0.15) is 5.26 Å². The van der Waals surface area contributed by atoms with Gasteiger partial charge in [-0.05, 0) is 48.6 Å². The van der Waals surface area contributed by atoms with Crippen molar-refractivity contribution in [1.82, 2.24) is 0 Å². The number of benzene rings is 2. The van der Waals surface area contributed by atoms with Crippen LogP contribution in [0, 0.1) is 31.0 Å². The molecule has 0 heterocycles. The molecule has 74 valence electrons. The van der Waals surface area contributed by atoms with Gasteiger partial charge in [0.15, 0.2) is 0 Å². The Morgan fingerprint density at radius 3 is 2.53 bits per heavy atom. The fraction of sp³-hybridized carbons (Fsp3) is 0.154. The second-order valence-corrected chi connectivity index (χ2v) is 3.75. The molecule has 2 aromatic rings. The third-order valence-electron chi connectivity index (χ3n) is 2.47. The highest BCUT2D eigenvalue weighted by atomic mass is 19.1. The zero-order valence-corrected chi connectivity index (χ0v) is 8.63. The van der Waals surface area contributed by atoms with E-state index in [4.69, 9.17) is 5.26 Å². The average molecular weight is 199 g/mol. The number of hydrogen-bond donors (Lipinski definition) is 0. The van der Waals surface area contributed by atoms with Gasteiger partial charge in [0.1, 0.15) is 5.82 Å². The molecule has 0 unspecified atom stereocenters. The molecule has 0 amide bonds. The summed E-state index contributed by atoms with van der Waals surface area (Å²) in [5.74, 6) is -0.216. The van der Waals surface area contributed by atoms with E-state index >= 15 is 0 Å². The second kappa shape index (κ2) is 3.36. The summed E-state index contributed by atoms with van der Waals surface area (Å²) >= 11 is 0. The number of fused-ring (bicyclic) bond motifs is 1. The quantitative estimate of drug-likeness (QED) is 0.637. The van der Waals surface area contributed by atoms with Crippen molar-refractivity contribution in [3.8, 4) is 6.07 Å². The van der Waals surface area contributed by atoms with Crippen molar-refractivity contribution in [3.05, 3.63) is 46.8 Å². The van der Waals surface area contributed by atoms with Crippen LogP contribution in [-0.4, -0.2) is 0 Å². The summed E-state index contributed by atoms with van der Waals surface area (Å²) in [4.78, 5) is 0. The average Bonchev–Trinajstić information content (AvgIpc) is 2.15. The highest BCUT2D eigenvalue weighted by Crippen LogP contribution is 2.24. The third kappa shape index (κ3) is 1.57. The van der Waals surface area contributed by atoms with Crippen LogP contribution in [0.4, 0.5) is 4.39 Å². The topological polar surface area (TPSA) is 23.8 Å². The summed E-state index contributed by atoms with van der Waals surface area (Å²) < 4.78 is 13.7. The minimum Gasteiger partial charge on any atom is -0.206 e. The highest BCUT2D eigenvalue weighted by Gasteiger charge is 2.06. The zero-order chi connectivity index (χ0) is 11.0. The fourth-order valence-electron chi connectivity index (χ4n) is 1.88. The third-order valence-corrected chi connectivity index (χ3v) is 2.47. The maximum atomic E-state index is 13.7. The van der Waals surface area contributed by atoms with Gasteiger partial charge in [0.25, 0.3) is 0 Å². The van der Waals surface area contributed by atoms with Gasteiger partial charge in [-0.15, -0.1) is 0 Å². The van der Waals surface area contributed by atoms with Crippen LogP contribution in [0.2, 0.25) is 0 Å². The summed E-state index contributed by atoms with van der Waals surface area (Å²) in [6.07, 6.45) is 0. The predicted octanol–water partition coefficient (Wildman–Crippen LogP) is 3.47. The lowest BCUT2D eigenvalue weighted by molar-refractivity contribution is 0.638. The molecule has 2 heteroatoms. The molecule has 2 rings (SSSR count). The molecule has 1 nitrogen and oxygen atoms in total. The van der Waals surface area contributed by atoms with Gasteiger partial charge in [-0.25, -0.2) is 4.39 Å². The molecule has 2 aromatic carbocycles. The van der Waals surface area contributed by atoms with Gasteiger partial charge < -0.3 is 0 Å². The lowest BCUT2D eigenvalue weighted by Gasteiger charge is -2.05. The van der Waals surface area contributed by atoms with Gasteiger partial charge in [-0.1, -0.05) is 6.07 Å². The summed E-state index contributed by atoms with van der Waals surface area (Å²) in [7, 11) is 0. The van der Waals surface area contributed by atoms with E-state index in [1.165, 1.54) is 6.07 Å². The van der Waals surface area contributed by atoms with E-state index in [1.807, 2.05) is 19.9 Å². The fourth-order valence-corrected chi connectivity index (χ4v) is 1.88. The standard InChI is InChI=1S/C13H10FN/c1-8-3-11-6-10(7-15)5-9(2)13(11)12(14)4-8/h3-6H,1-2H3. The molecular weight excluding hydrogens is 189 g/mol. The van der Waals surface area contributed by atoms with Crippen LogP contribution in [0.1, 0.15) is 16.7 Å². The maximum Gasteiger partial charge on any atom is 0.131 e. The van der Waals surface area contributed by atoms with Gasteiger partial charge in [0.05, 0.1) is 11.6 Å². The lowest BCUT2D eigenvalue weighted by Crippen LogP contribution is -1.88. The maximum absolute atomic E-state index is 13.7. The van der Waals surface area contributed by atoms with E-state index in [1.54, 1.807) is 12.1 Å². The molecule has 0 spiro atoms. The smallest absolute Gasteiger partial charge is 0.131 e. The number of rotatable bonds is 0. The molecule has 0 aromatic heterocycles. The summed E-state index contributed by atoms with van der Waals surface area (Å²) in [6, 6.07) is 8.92. The van der Waals surface area contributed by atoms with Crippen LogP contribution < -0.4 is 0 Å². The van der Waals surface area contributed by atoms with E-state index in [9.17, 15) is 4.39 Å². The molecule has 0 bridgehead atoms. The Hall–Kier alpha value is -1.88. The van der Waals surface area contributed by atoms with Gasteiger partial charge in [0.2, 0.25) is 0 Å². The van der Waals surface area contributed by atoms with Crippen LogP contribution in [-0.2, 0) is 0 Å². The molecule has 0 aliphatic rings. The number of halogens is 1. The molecule has 0 aliphatic heterocycles. The summed E-state index contributed by atoms with van der Waals surface area (Å²) in [6.45, 7) is 3.67. The number of nitrogens with zero attached hydrogens (tertiary/aromatic N) is 1. The Kier molecular flexibility index (Phi) is 2.17. The van der Waals surface area contributed by atoms with Crippen molar-refractivity contribution in [2.24, 2.45) is 0 Å². The normalized spacial score (nSPS) is 10.3. The van der Waals surface area contributed by atoms with Crippen molar-refractivity contribution < 1.29 is 4.39 Å². The van der Waals surface area contributed by atoms with Crippen molar-refractivity contribution in [1.29, 1.82) is 5.26 Å². The van der Waals surface area contributed by atoms with Crippen LogP contribution in [0.15, 0.2) is 24.3 Å². The Bertz CT molecular complexity index is 579. The minimum absolute atomic E-state index is 0.216. The zero-order valence-electron chi connectivity index (χ0n) is 8.63. The van der Waals surface area contributed by atoms with Crippen LogP contribution in [0.25, 0.3) is 10.8 Å². The second-order valence-electron chi connectivity index (χ2n) is 3.75. The first-order chi connectivity index (χ1) is 7.11. The lowest BCUT2D eigenvalue weighted by atomic mass is 10.00.